The predicted molar refractivity (Wildman–Crippen MR) is 69.4 cm³/mol. The lowest BCUT2D eigenvalue weighted by Crippen LogP contribution is -2.87. The molecule has 0 saturated carbocycles. The van der Waals surface area contributed by atoms with Gasteiger partial charge in [0.15, 0.2) is 0 Å². The van der Waals surface area contributed by atoms with Crippen molar-refractivity contribution in [3.63, 3.8) is 0 Å². The minimum atomic E-state index is -5.46. The second-order valence-corrected chi connectivity index (χ2v) is 9.16. The van der Waals surface area contributed by atoms with Gasteiger partial charge in [-0.05, 0) is 0 Å². The van der Waals surface area contributed by atoms with Gasteiger partial charge >= 0.3 is 39.2 Å². The van der Waals surface area contributed by atoms with Crippen LogP contribution >= 0.6 is 15.6 Å². The number of fused-ring (bicyclic) bond motifs is 3. The lowest BCUT2D eigenvalue weighted by molar-refractivity contribution is -0.635. The van der Waals surface area contributed by atoms with E-state index in [0.29, 0.717) is 0 Å². The quantitative estimate of drug-likeness (QED) is 0.122. The number of carbonyl (C=O) groups excluding carboxylic acids is 1. The summed E-state index contributed by atoms with van der Waals surface area (Å²) in [6.07, 6.45) is -5.35. The van der Waals surface area contributed by atoms with Crippen molar-refractivity contribution in [3.05, 3.63) is 0 Å². The van der Waals surface area contributed by atoms with Gasteiger partial charge in [0.1, 0.15) is 6.61 Å². The Labute approximate surface area is 157 Å². The Morgan fingerprint density at radius 1 is 0.931 bits per heavy atom. The molecule has 0 radical (unpaired) electrons. The number of carbonyl (C=O) groups is 1. The van der Waals surface area contributed by atoms with Crippen LogP contribution in [-0.2, 0) is 55.6 Å². The average molecular weight is 468 g/mol. The highest BCUT2D eigenvalue weighted by Gasteiger charge is 2.99. The molecular formula is C9H10O18P2. The van der Waals surface area contributed by atoms with E-state index < -0.39 is 69.7 Å². The zero-order valence-corrected chi connectivity index (χ0v) is 15.1. The summed E-state index contributed by atoms with van der Waals surface area (Å²) in [5.41, 5.74) is 0. The first-order valence-electron chi connectivity index (χ1n) is 7.38. The minimum Gasteiger partial charge on any atom is -0.399 e. The van der Waals surface area contributed by atoms with Crippen molar-refractivity contribution in [1.29, 1.82) is 0 Å². The van der Waals surface area contributed by atoms with E-state index >= 15 is 0 Å². The number of aliphatic hydroxyl groups excluding tert-OH is 3. The fraction of sp³-hybridized carbons (Fsp3) is 0.889. The predicted octanol–water partition coefficient (Wildman–Crippen LogP) is -4.05. The van der Waals surface area contributed by atoms with E-state index in [1.807, 2.05) is 0 Å². The third-order valence-electron chi connectivity index (χ3n) is 4.57. The van der Waals surface area contributed by atoms with Crippen molar-refractivity contribution >= 4 is 21.6 Å². The first-order valence-corrected chi connectivity index (χ1v) is 10.3. The number of ether oxygens (including phenoxy) is 2. The van der Waals surface area contributed by atoms with Gasteiger partial charge in [0.2, 0.25) is 12.4 Å². The number of hydrogen-bond acceptors (Lipinski definition) is 18. The van der Waals surface area contributed by atoms with Crippen molar-refractivity contribution in [3.8, 4) is 0 Å². The first kappa shape index (κ1) is 20.3. The molecule has 6 N–H and O–H groups in total. The Bertz CT molecular complexity index is 908. The van der Waals surface area contributed by atoms with Gasteiger partial charge < -0.3 is 35.4 Å². The van der Waals surface area contributed by atoms with Gasteiger partial charge in [-0.1, -0.05) is 0 Å². The summed E-state index contributed by atoms with van der Waals surface area (Å²) in [7, 11) is -10.6. The Kier molecular flexibility index (Phi) is 3.65. The highest BCUT2D eigenvalue weighted by atomic mass is 31.2. The molecule has 5 unspecified atom stereocenters. The summed E-state index contributed by atoms with van der Waals surface area (Å²) < 4.78 is 61.9. The van der Waals surface area contributed by atoms with Gasteiger partial charge in [0.25, 0.3) is 11.6 Å². The van der Waals surface area contributed by atoms with E-state index in [1.165, 1.54) is 0 Å². The van der Waals surface area contributed by atoms with Crippen LogP contribution in [0.25, 0.3) is 0 Å². The lowest BCUT2D eigenvalue weighted by Gasteiger charge is -2.56. The summed E-state index contributed by atoms with van der Waals surface area (Å²) in [5.74, 6) is -20.6. The third-order valence-corrected chi connectivity index (χ3v) is 7.28. The van der Waals surface area contributed by atoms with Gasteiger partial charge in [-0.25, -0.2) is 32.0 Å². The van der Waals surface area contributed by atoms with E-state index in [4.69, 9.17) is 9.26 Å². The molecule has 0 aliphatic carbocycles. The van der Waals surface area contributed by atoms with E-state index in [1.54, 1.807) is 0 Å². The Hall–Kier alpha value is -0.630. The van der Waals surface area contributed by atoms with Gasteiger partial charge in [-0.2, -0.15) is 0 Å². The van der Waals surface area contributed by atoms with Crippen molar-refractivity contribution in [2.45, 2.75) is 41.5 Å². The molecule has 5 bridgehead atoms. The largest absolute Gasteiger partial charge is 0.508 e. The van der Waals surface area contributed by atoms with Crippen molar-refractivity contribution in [1.82, 2.24) is 0 Å². The monoisotopic (exact) mass is 468 g/mol. The molecule has 5 saturated heterocycles. The van der Waals surface area contributed by atoms with Crippen molar-refractivity contribution in [2.75, 3.05) is 6.61 Å². The first-order chi connectivity index (χ1) is 13.2. The molecule has 5 aliphatic rings. The third kappa shape index (κ3) is 2.02. The fourth-order valence-electron chi connectivity index (χ4n) is 3.22. The molecule has 164 valence electrons. The minimum absolute atomic E-state index is 1.57. The molecule has 5 aliphatic heterocycles. The summed E-state index contributed by atoms with van der Waals surface area (Å²) in [5, 5.41) is 61.9. The van der Waals surface area contributed by atoms with Crippen LogP contribution in [-0.4, -0.2) is 84.7 Å². The Morgan fingerprint density at radius 2 is 1.55 bits per heavy atom. The van der Waals surface area contributed by atoms with E-state index in [2.05, 4.69) is 32.4 Å². The van der Waals surface area contributed by atoms with Crippen molar-refractivity contribution < 1.29 is 86.2 Å². The molecular weight excluding hydrogens is 458 g/mol. The Balaban J connectivity index is 1.83. The number of phosphoric acid groups is 2. The van der Waals surface area contributed by atoms with Gasteiger partial charge in [0.05, 0.1) is 0 Å². The maximum Gasteiger partial charge on any atom is 0.508 e. The molecule has 0 amide bonds. The number of aliphatic hydroxyl groups is 6. The summed E-state index contributed by atoms with van der Waals surface area (Å²) in [4.78, 5) is 16.6. The molecule has 0 aromatic carbocycles. The maximum absolute atomic E-state index is 12.7. The van der Waals surface area contributed by atoms with Crippen LogP contribution in [0, 0.1) is 0 Å². The van der Waals surface area contributed by atoms with Crippen molar-refractivity contribution in [2.24, 2.45) is 0 Å². The van der Waals surface area contributed by atoms with Gasteiger partial charge in [0, 0.05) is 0 Å². The molecule has 9 atom stereocenters. The Morgan fingerprint density at radius 3 is 2.21 bits per heavy atom. The molecule has 0 aromatic heterocycles. The fourth-order valence-corrected chi connectivity index (χ4v) is 6.31. The molecule has 5 heterocycles. The molecule has 0 aromatic rings. The van der Waals surface area contributed by atoms with Crippen LogP contribution in [0.4, 0.5) is 0 Å². The zero-order chi connectivity index (χ0) is 21.3. The van der Waals surface area contributed by atoms with Gasteiger partial charge in [-0.3, -0.25) is 9.26 Å². The lowest BCUT2D eigenvalue weighted by atomic mass is 9.84. The molecule has 5 rings (SSSR count). The molecule has 18 nitrogen and oxygen atoms in total. The van der Waals surface area contributed by atoms with Crippen LogP contribution in [0.15, 0.2) is 0 Å². The molecule has 29 heavy (non-hydrogen) atoms. The summed E-state index contributed by atoms with van der Waals surface area (Å²) in [6.45, 7) is -1.57. The van der Waals surface area contributed by atoms with Crippen LogP contribution in [0.5, 0.6) is 0 Å². The summed E-state index contributed by atoms with van der Waals surface area (Å²) >= 11 is 0. The SMILES string of the molecule is O=C1OC23OOP4(=O)O[C@@](CO)(O2)[C@@](O)(O4)[C@]2(O)OP(=O)(OC(O)C1O)O[C@@]32O. The summed E-state index contributed by atoms with van der Waals surface area (Å²) in [6, 6.07) is 0. The van der Waals surface area contributed by atoms with Crippen LogP contribution in [0.2, 0.25) is 0 Å². The zero-order valence-electron chi connectivity index (χ0n) is 13.3. The molecule has 20 heteroatoms. The second kappa shape index (κ2) is 5.22. The average Bonchev–Trinajstić information content (AvgIpc) is 2.92. The second-order valence-electron chi connectivity index (χ2n) is 6.28. The molecule has 1 spiro atoms. The van der Waals surface area contributed by atoms with E-state index in [-0.39, 0.29) is 0 Å². The van der Waals surface area contributed by atoms with E-state index in [9.17, 15) is 44.6 Å². The van der Waals surface area contributed by atoms with E-state index in [0.717, 1.165) is 0 Å². The van der Waals surface area contributed by atoms with Crippen LogP contribution < -0.4 is 0 Å². The van der Waals surface area contributed by atoms with Crippen LogP contribution in [0.1, 0.15) is 0 Å². The standard InChI is InChI=1S/C9H10O18P2/c10-1-5-6(14)7(15)8(16)9(21-5,22-27-29(18,23-5)24-6)19-3(12)2(11)4(13)20-28(17,25-7)26-8/h2,4,10-11,13-16H,1H2/t2?,4?,5-,6-,7+,8-,9?,28?,29?/m1/s1. The smallest absolute Gasteiger partial charge is 0.399 e. The van der Waals surface area contributed by atoms with Gasteiger partial charge in [-0.15, -0.1) is 9.56 Å². The molecule has 5 fully saturated rings. The highest BCUT2D eigenvalue weighted by Crippen LogP contribution is 2.80. The normalized spacial score (nSPS) is 63.4. The highest BCUT2D eigenvalue weighted by molar-refractivity contribution is 7.49. The topological polar surface area (TPSA) is 256 Å². The number of rotatable bonds is 1. The number of esters is 1. The van der Waals surface area contributed by atoms with Crippen LogP contribution in [0.3, 0.4) is 0 Å². The number of phosphoric ester groups is 2. The number of hydrogen-bond donors (Lipinski definition) is 6. The maximum atomic E-state index is 12.7.